The Morgan fingerprint density at radius 3 is 2.46 bits per heavy atom. The number of aryl methyl sites for hydroxylation is 1. The monoisotopic (exact) mass is 370 g/mol. The molecule has 0 saturated carbocycles. The molecule has 0 aliphatic rings. The second-order valence-corrected chi connectivity index (χ2v) is 7.01. The number of phenols is 1. The average Bonchev–Trinajstić information content (AvgIpc) is 3.09. The predicted molar refractivity (Wildman–Crippen MR) is 112 cm³/mol. The Bertz CT molecular complexity index is 1150. The number of carbonyl (C=O) groups excluding carboxylic acids is 1. The van der Waals surface area contributed by atoms with Crippen LogP contribution in [0.4, 0.5) is 0 Å². The first kappa shape index (κ1) is 17.9. The predicted octanol–water partition coefficient (Wildman–Crippen LogP) is 5.34. The van der Waals surface area contributed by atoms with E-state index in [-0.39, 0.29) is 17.7 Å². The van der Waals surface area contributed by atoms with Crippen molar-refractivity contribution < 1.29 is 9.90 Å². The summed E-state index contributed by atoms with van der Waals surface area (Å²) in [5.74, 6) is -0.0432. The van der Waals surface area contributed by atoms with Crippen molar-refractivity contribution in [2.45, 2.75) is 19.9 Å². The molecule has 0 fully saturated rings. The lowest BCUT2D eigenvalue weighted by atomic mass is 9.94. The number of nitrogens with one attached hydrogen (secondary N) is 2. The minimum absolute atomic E-state index is 0.133. The highest BCUT2D eigenvalue weighted by Gasteiger charge is 2.22. The van der Waals surface area contributed by atoms with Crippen LogP contribution < -0.4 is 5.32 Å². The second-order valence-electron chi connectivity index (χ2n) is 7.01. The molecule has 3 aromatic carbocycles. The molecule has 4 aromatic rings. The van der Waals surface area contributed by atoms with Crippen LogP contribution >= 0.6 is 0 Å². The lowest BCUT2D eigenvalue weighted by molar-refractivity contribution is 0.0936. The minimum atomic E-state index is -0.202. The van der Waals surface area contributed by atoms with Crippen LogP contribution in [0.2, 0.25) is 0 Å². The van der Waals surface area contributed by atoms with Gasteiger partial charge >= 0.3 is 0 Å². The van der Waals surface area contributed by atoms with Gasteiger partial charge in [-0.2, -0.15) is 0 Å². The van der Waals surface area contributed by atoms with Gasteiger partial charge in [0.2, 0.25) is 0 Å². The van der Waals surface area contributed by atoms with E-state index in [9.17, 15) is 9.90 Å². The number of phenolic OH excluding ortho intramolecular Hbond substituents is 1. The maximum Gasteiger partial charge on any atom is 0.268 e. The molecule has 4 nitrogen and oxygen atoms in total. The number of aromatic hydroxyl groups is 1. The van der Waals surface area contributed by atoms with Gasteiger partial charge in [0.1, 0.15) is 11.4 Å². The van der Waals surface area contributed by atoms with E-state index in [0.29, 0.717) is 11.3 Å². The Balaban J connectivity index is 1.77. The van der Waals surface area contributed by atoms with Crippen LogP contribution in [0.5, 0.6) is 5.75 Å². The van der Waals surface area contributed by atoms with E-state index in [1.807, 2.05) is 74.5 Å². The molecule has 1 amide bonds. The lowest BCUT2D eigenvalue weighted by Gasteiger charge is -2.16. The first-order valence-corrected chi connectivity index (χ1v) is 9.31. The number of H-pyrrole nitrogens is 1. The molecule has 3 N–H and O–H groups in total. The van der Waals surface area contributed by atoms with Crippen LogP contribution in [-0.2, 0) is 0 Å². The molecule has 1 heterocycles. The molecule has 0 spiro atoms. The van der Waals surface area contributed by atoms with Crippen LogP contribution in [0.1, 0.15) is 34.6 Å². The van der Waals surface area contributed by atoms with Crippen LogP contribution in [0.25, 0.3) is 21.9 Å². The number of hydrogen-bond donors (Lipinski definition) is 3. The largest absolute Gasteiger partial charge is 0.507 e. The summed E-state index contributed by atoms with van der Waals surface area (Å²) in [6.07, 6.45) is 1.80. The van der Waals surface area contributed by atoms with Gasteiger partial charge in [0.05, 0.1) is 6.04 Å². The molecule has 0 unspecified atom stereocenters. The molecule has 1 atom stereocenters. The highest BCUT2D eigenvalue weighted by Crippen LogP contribution is 2.39. The zero-order chi connectivity index (χ0) is 19.7. The Morgan fingerprint density at radius 2 is 1.68 bits per heavy atom. The summed E-state index contributed by atoms with van der Waals surface area (Å²) in [6, 6.07) is 21.1. The minimum Gasteiger partial charge on any atom is -0.507 e. The molecule has 28 heavy (non-hydrogen) atoms. The smallest absolute Gasteiger partial charge is 0.268 e. The SMILES string of the molecule is Cc1c[nH]c(C(=O)N[C@@H](C)c2ccccc2)c1-c1c(O)ccc2ccccc12. The van der Waals surface area contributed by atoms with E-state index in [4.69, 9.17) is 0 Å². The van der Waals surface area contributed by atoms with E-state index >= 15 is 0 Å². The number of benzene rings is 3. The topological polar surface area (TPSA) is 65.1 Å². The van der Waals surface area contributed by atoms with Crippen molar-refractivity contribution in [2.75, 3.05) is 0 Å². The average molecular weight is 370 g/mol. The maximum atomic E-state index is 13.1. The highest BCUT2D eigenvalue weighted by atomic mass is 16.3. The standard InChI is InChI=1S/C24H22N2O2/c1-15-14-25-23(24(28)26-16(2)17-8-4-3-5-9-17)21(15)22-19-11-7-6-10-18(19)12-13-20(22)27/h3-14,16,25,27H,1-2H3,(H,26,28)/t16-/m0/s1. The maximum absolute atomic E-state index is 13.1. The van der Waals surface area contributed by atoms with E-state index < -0.39 is 0 Å². The number of aromatic nitrogens is 1. The van der Waals surface area contributed by atoms with Gasteiger partial charge in [-0.15, -0.1) is 0 Å². The molecule has 0 radical (unpaired) electrons. The van der Waals surface area contributed by atoms with Gasteiger partial charge < -0.3 is 15.4 Å². The van der Waals surface area contributed by atoms with Crippen molar-refractivity contribution >= 4 is 16.7 Å². The van der Waals surface area contributed by atoms with E-state index in [1.165, 1.54) is 0 Å². The van der Waals surface area contributed by atoms with E-state index in [2.05, 4.69) is 10.3 Å². The van der Waals surface area contributed by atoms with Gasteiger partial charge in [0, 0.05) is 17.3 Å². The molecule has 4 heteroatoms. The van der Waals surface area contributed by atoms with Gasteiger partial charge in [-0.3, -0.25) is 4.79 Å². The Morgan fingerprint density at radius 1 is 0.964 bits per heavy atom. The molecule has 0 aliphatic carbocycles. The molecule has 0 bridgehead atoms. The Labute approximate surface area is 163 Å². The summed E-state index contributed by atoms with van der Waals surface area (Å²) in [5.41, 5.74) is 3.80. The first-order valence-electron chi connectivity index (χ1n) is 9.31. The molecule has 4 rings (SSSR count). The molecular weight excluding hydrogens is 348 g/mol. The summed E-state index contributed by atoms with van der Waals surface area (Å²) in [7, 11) is 0. The Kier molecular flexibility index (Phi) is 4.62. The van der Waals surface area contributed by atoms with Crippen LogP contribution in [-0.4, -0.2) is 16.0 Å². The number of aromatic amines is 1. The number of hydrogen-bond acceptors (Lipinski definition) is 2. The second kappa shape index (κ2) is 7.24. The fraction of sp³-hybridized carbons (Fsp3) is 0.125. The molecule has 0 aliphatic heterocycles. The van der Waals surface area contributed by atoms with Gasteiger partial charge in [0.15, 0.2) is 0 Å². The molecule has 140 valence electrons. The van der Waals surface area contributed by atoms with Crippen molar-refractivity contribution in [1.29, 1.82) is 0 Å². The van der Waals surface area contributed by atoms with Gasteiger partial charge in [-0.05, 0) is 41.8 Å². The van der Waals surface area contributed by atoms with Gasteiger partial charge in [-0.25, -0.2) is 0 Å². The van der Waals surface area contributed by atoms with Crippen molar-refractivity contribution in [1.82, 2.24) is 10.3 Å². The number of amides is 1. The highest BCUT2D eigenvalue weighted by molar-refractivity contribution is 6.07. The molecule has 0 saturated heterocycles. The van der Waals surface area contributed by atoms with Crippen molar-refractivity contribution in [3.8, 4) is 16.9 Å². The van der Waals surface area contributed by atoms with Crippen molar-refractivity contribution in [2.24, 2.45) is 0 Å². The van der Waals surface area contributed by atoms with Crippen LogP contribution in [0.15, 0.2) is 72.9 Å². The number of fused-ring (bicyclic) bond motifs is 1. The summed E-state index contributed by atoms with van der Waals surface area (Å²) < 4.78 is 0. The summed E-state index contributed by atoms with van der Waals surface area (Å²) in [4.78, 5) is 16.2. The normalized spacial score (nSPS) is 12.1. The van der Waals surface area contributed by atoms with Crippen molar-refractivity contribution in [3.63, 3.8) is 0 Å². The quantitative estimate of drug-likeness (QED) is 0.454. The summed E-state index contributed by atoms with van der Waals surface area (Å²) in [5, 5.41) is 15.6. The fourth-order valence-corrected chi connectivity index (χ4v) is 3.64. The van der Waals surface area contributed by atoms with Crippen LogP contribution in [0, 0.1) is 6.92 Å². The molecular formula is C24H22N2O2. The zero-order valence-corrected chi connectivity index (χ0v) is 15.9. The number of carbonyl (C=O) groups is 1. The molecule has 1 aromatic heterocycles. The van der Waals surface area contributed by atoms with Gasteiger partial charge in [-0.1, -0.05) is 60.7 Å². The Hall–Kier alpha value is -3.53. The summed E-state index contributed by atoms with van der Waals surface area (Å²) >= 11 is 0. The fourth-order valence-electron chi connectivity index (χ4n) is 3.64. The summed E-state index contributed by atoms with van der Waals surface area (Å²) in [6.45, 7) is 3.89. The van der Waals surface area contributed by atoms with Crippen molar-refractivity contribution in [3.05, 3.63) is 89.7 Å². The third-order valence-corrected chi connectivity index (χ3v) is 5.11. The van der Waals surface area contributed by atoms with E-state index in [0.717, 1.165) is 27.5 Å². The third-order valence-electron chi connectivity index (χ3n) is 5.11. The van der Waals surface area contributed by atoms with E-state index in [1.54, 1.807) is 12.3 Å². The van der Waals surface area contributed by atoms with Crippen LogP contribution in [0.3, 0.4) is 0 Å². The first-order chi connectivity index (χ1) is 13.6. The number of rotatable bonds is 4. The third kappa shape index (κ3) is 3.14. The van der Waals surface area contributed by atoms with Gasteiger partial charge in [0.25, 0.3) is 5.91 Å². The lowest BCUT2D eigenvalue weighted by Crippen LogP contribution is -2.27. The zero-order valence-electron chi connectivity index (χ0n) is 15.9.